The fraction of sp³-hybridized carbons (Fsp3) is 0.0526. The van der Waals surface area contributed by atoms with Gasteiger partial charge in [0.25, 0.3) is 0 Å². The van der Waals surface area contributed by atoms with Crippen LogP contribution in [-0.2, 0) is 18.2 Å². The second-order valence-corrected chi connectivity index (χ2v) is 13.7. The second kappa shape index (κ2) is 17.6. The minimum Gasteiger partial charge on any atom is -0.508 e. The summed E-state index contributed by atoms with van der Waals surface area (Å²) in [5.74, 6) is -69.9. The zero-order chi connectivity index (χ0) is 45.6. The van der Waals surface area contributed by atoms with Crippen LogP contribution in [0.4, 0.5) is 87.8 Å². The van der Waals surface area contributed by atoms with Crippen molar-refractivity contribution < 1.29 is 92.9 Å². The van der Waals surface area contributed by atoms with Crippen molar-refractivity contribution in [2.45, 2.75) is 11.3 Å². The summed E-state index contributed by atoms with van der Waals surface area (Å²) < 4.78 is 294. The first-order valence-corrected chi connectivity index (χ1v) is 17.4. The fourth-order valence-electron chi connectivity index (χ4n) is 6.39. The summed E-state index contributed by atoms with van der Waals surface area (Å²) in [5, 5.41) is 9.16. The first-order valence-electron chi connectivity index (χ1n) is 16.3. The average molecular weight is 910 g/mol. The van der Waals surface area contributed by atoms with Crippen LogP contribution >= 0.6 is 0 Å². The molecule has 1 nitrogen and oxygen atoms in total. The predicted octanol–water partition coefficient (Wildman–Crippen LogP) is 8.65. The van der Waals surface area contributed by atoms with E-state index < -0.39 is 144 Å². The molecular formula is C38H15BF20OS. The van der Waals surface area contributed by atoms with Gasteiger partial charge in [0.15, 0.2) is 74.7 Å². The quantitative estimate of drug-likeness (QED) is 0.0405. The van der Waals surface area contributed by atoms with Crippen LogP contribution in [-0.4, -0.2) is 17.0 Å². The molecule has 0 saturated heterocycles. The van der Waals surface area contributed by atoms with Crippen molar-refractivity contribution in [2.24, 2.45) is 0 Å². The van der Waals surface area contributed by atoms with Gasteiger partial charge in [-0.1, -0.05) is 30.3 Å². The van der Waals surface area contributed by atoms with E-state index in [0.717, 1.165) is 12.2 Å². The Bertz CT molecular complexity index is 2300. The highest BCUT2D eigenvalue weighted by atomic mass is 32.2. The number of aryl methyl sites for hydroxylation is 1. The standard InChI is InChI=1S/C24BF20.C14H14OS/c26-5-1(6(27)14(35)21(42)13(5)34)25(2-7(28)15(36)22(43)16(37)8(2)29,3-9(30)17(38)23(44)18(39)10(3)31)4-11(32)19(40)24(45)20(41)12(4)33;15-13-6-8-14(9-7-13)16-11-10-12-4-2-1-3-5-12/h;1-9,15H,10-11H2/q-1;/p+1. The molecule has 0 radical (unpaired) electrons. The molecule has 0 heterocycles. The van der Waals surface area contributed by atoms with Gasteiger partial charge < -0.3 is 5.11 Å². The average Bonchev–Trinajstić information content (AvgIpc) is 3.24. The van der Waals surface area contributed by atoms with E-state index in [1.54, 1.807) is 12.1 Å². The minimum atomic E-state index is -7.22. The molecule has 6 aromatic carbocycles. The molecule has 6 rings (SSSR count). The van der Waals surface area contributed by atoms with Gasteiger partial charge in [0.1, 0.15) is 64.2 Å². The Balaban J connectivity index is 0.000000366. The summed E-state index contributed by atoms with van der Waals surface area (Å²) >= 11 is 1.31. The number of thiol groups is 1. The van der Waals surface area contributed by atoms with E-state index in [4.69, 9.17) is 5.11 Å². The van der Waals surface area contributed by atoms with E-state index in [-0.39, 0.29) is 0 Å². The number of benzene rings is 6. The van der Waals surface area contributed by atoms with Crippen molar-refractivity contribution in [3.63, 3.8) is 0 Å². The lowest BCUT2D eigenvalue weighted by molar-refractivity contribution is 0.378. The molecule has 0 aliphatic carbocycles. The largest absolute Gasteiger partial charge is 0.508 e. The predicted molar refractivity (Wildman–Crippen MR) is 179 cm³/mol. The lowest BCUT2D eigenvalue weighted by Gasteiger charge is -2.44. The molecule has 0 amide bonds. The molecule has 6 aromatic rings. The SMILES string of the molecule is Fc1c(F)c(F)c([B-](c2c(F)c(F)c(F)c(F)c2F)(c2c(F)c(F)c(F)c(F)c2F)c2c(F)c(F)c(F)c(F)c2F)c(F)c1F.Oc1ccc([SH+]CCc2ccccc2)cc1. The molecule has 0 aromatic heterocycles. The summed E-state index contributed by atoms with van der Waals surface area (Å²) in [7, 11) is 0. The summed E-state index contributed by atoms with van der Waals surface area (Å²) in [6, 6.07) is 17.9. The molecule has 0 aliphatic rings. The van der Waals surface area contributed by atoms with Gasteiger partial charge in [-0.2, -0.15) is 0 Å². The highest BCUT2D eigenvalue weighted by molar-refractivity contribution is 7.78. The van der Waals surface area contributed by atoms with Crippen molar-refractivity contribution in [3.8, 4) is 5.75 Å². The summed E-state index contributed by atoms with van der Waals surface area (Å²) in [6.07, 6.45) is -6.12. The summed E-state index contributed by atoms with van der Waals surface area (Å²) in [6.45, 7) is 0. The first-order chi connectivity index (χ1) is 28.5. The van der Waals surface area contributed by atoms with E-state index in [1.165, 1.54) is 22.2 Å². The lowest BCUT2D eigenvalue weighted by Crippen LogP contribution is -2.81. The molecular weight excluding hydrogens is 895 g/mol. The van der Waals surface area contributed by atoms with Crippen LogP contribution in [0.5, 0.6) is 5.75 Å². The van der Waals surface area contributed by atoms with Crippen LogP contribution in [0.3, 0.4) is 0 Å². The van der Waals surface area contributed by atoms with Crippen LogP contribution in [0.1, 0.15) is 5.56 Å². The van der Waals surface area contributed by atoms with Gasteiger partial charge in [-0.15, -0.1) is 21.9 Å². The maximum absolute atomic E-state index is 15.4. The number of hydrogen-bond acceptors (Lipinski definition) is 1. The van der Waals surface area contributed by atoms with Crippen molar-refractivity contribution in [1.82, 2.24) is 0 Å². The molecule has 0 aliphatic heterocycles. The third-order valence-electron chi connectivity index (χ3n) is 9.09. The topological polar surface area (TPSA) is 20.2 Å². The number of rotatable bonds is 8. The van der Waals surface area contributed by atoms with Gasteiger partial charge in [-0.25, -0.2) is 87.8 Å². The van der Waals surface area contributed by atoms with Crippen molar-refractivity contribution in [2.75, 3.05) is 5.75 Å². The van der Waals surface area contributed by atoms with Crippen LogP contribution in [0, 0.1) is 116 Å². The summed E-state index contributed by atoms with van der Waals surface area (Å²) in [4.78, 5) is 1.26. The van der Waals surface area contributed by atoms with Gasteiger partial charge in [-0.05, 0) is 29.8 Å². The van der Waals surface area contributed by atoms with E-state index in [2.05, 4.69) is 24.3 Å². The number of aromatic hydroxyl groups is 1. The van der Waals surface area contributed by atoms with Crippen LogP contribution < -0.4 is 21.9 Å². The smallest absolute Gasteiger partial charge is 0.200 e. The van der Waals surface area contributed by atoms with E-state index in [9.17, 15) is 52.7 Å². The Labute approximate surface area is 331 Å². The number of hydrogen-bond donors (Lipinski definition) is 1. The molecule has 0 unspecified atom stereocenters. The zero-order valence-corrected chi connectivity index (χ0v) is 30.0. The van der Waals surface area contributed by atoms with E-state index in [0.29, 0.717) is 5.75 Å². The van der Waals surface area contributed by atoms with Crippen LogP contribution in [0.2, 0.25) is 0 Å². The lowest BCUT2D eigenvalue weighted by atomic mass is 9.12. The molecule has 23 heteroatoms. The third kappa shape index (κ3) is 7.71. The van der Waals surface area contributed by atoms with Crippen LogP contribution in [0.25, 0.3) is 0 Å². The fourth-order valence-corrected chi connectivity index (χ4v) is 7.38. The van der Waals surface area contributed by atoms with Gasteiger partial charge in [0, 0.05) is 18.2 Å². The highest BCUT2D eigenvalue weighted by Crippen LogP contribution is 2.31. The molecule has 0 spiro atoms. The van der Waals surface area contributed by atoms with E-state index >= 15 is 35.1 Å². The third-order valence-corrected chi connectivity index (χ3v) is 10.2. The Morgan fingerprint density at radius 3 is 0.836 bits per heavy atom. The van der Waals surface area contributed by atoms with Gasteiger partial charge >= 0.3 is 0 Å². The molecule has 0 atom stereocenters. The van der Waals surface area contributed by atoms with Crippen molar-refractivity contribution in [1.29, 1.82) is 0 Å². The van der Waals surface area contributed by atoms with Gasteiger partial charge in [0.05, 0.1) is 0 Å². The first kappa shape index (κ1) is 46.2. The molecule has 1 N–H and O–H groups in total. The molecule has 0 bridgehead atoms. The maximum Gasteiger partial charge on any atom is 0.200 e. The maximum atomic E-state index is 15.4. The normalized spacial score (nSPS) is 11.5. The molecule has 61 heavy (non-hydrogen) atoms. The Morgan fingerprint density at radius 2 is 0.574 bits per heavy atom. The van der Waals surface area contributed by atoms with Crippen molar-refractivity contribution in [3.05, 3.63) is 177 Å². The highest BCUT2D eigenvalue weighted by Gasteiger charge is 2.52. The van der Waals surface area contributed by atoms with Crippen molar-refractivity contribution >= 4 is 39.8 Å². The molecule has 0 fully saturated rings. The van der Waals surface area contributed by atoms with Gasteiger partial charge in [0.2, 0.25) is 0 Å². The molecule has 0 saturated carbocycles. The second-order valence-electron chi connectivity index (χ2n) is 12.4. The molecule has 322 valence electrons. The zero-order valence-electron chi connectivity index (χ0n) is 29.1. The van der Waals surface area contributed by atoms with Crippen LogP contribution in [0.15, 0.2) is 59.5 Å². The number of phenols is 1. The Morgan fingerprint density at radius 1 is 0.328 bits per heavy atom. The monoisotopic (exact) mass is 910 g/mol. The Kier molecular flexibility index (Phi) is 13.3. The summed E-state index contributed by atoms with van der Waals surface area (Å²) in [5.41, 5.74) is -12.9. The number of phenolic OH excluding ortho intramolecular Hbond substituents is 1. The Hall–Kier alpha value is -5.87. The van der Waals surface area contributed by atoms with Gasteiger partial charge in [-0.3, -0.25) is 0 Å². The number of halogens is 20. The van der Waals surface area contributed by atoms with E-state index in [1.807, 2.05) is 18.2 Å². The minimum absolute atomic E-state index is 0.335.